The second kappa shape index (κ2) is 8.49. The van der Waals surface area contributed by atoms with E-state index in [4.69, 9.17) is 0 Å². The molecule has 0 rings (SSSR count). The van der Waals surface area contributed by atoms with Gasteiger partial charge < -0.3 is 4.74 Å². The topological polar surface area (TPSA) is 86.7 Å². The Morgan fingerprint density at radius 1 is 0.697 bits per heavy atom. The van der Waals surface area contributed by atoms with E-state index >= 15 is 0 Å². The van der Waals surface area contributed by atoms with Gasteiger partial charge in [0.15, 0.2) is 0 Å². The molecule has 6 nitrogen and oxygen atoms in total. The molecule has 0 saturated carbocycles. The van der Waals surface area contributed by atoms with Crippen LogP contribution in [0.4, 0.5) is 69.2 Å². The van der Waals surface area contributed by atoms with Gasteiger partial charge in [-0.05, 0) is 0 Å². The van der Waals surface area contributed by atoms with Gasteiger partial charge in [-0.2, -0.15) is 78.3 Å². The summed E-state index contributed by atoms with van der Waals surface area (Å²) in [4.78, 5) is 0. The van der Waals surface area contributed by atoms with Crippen LogP contribution in [0.25, 0.3) is 0 Å². The van der Waals surface area contributed by atoms with E-state index in [0.717, 1.165) is 0 Å². The second-order valence-corrected chi connectivity index (χ2v) is 8.04. The molecule has 0 radical (unpaired) electrons. The number of alkyl halides is 11. The first-order valence-electron chi connectivity index (χ1n) is 6.53. The Balaban J connectivity index is 7.19. The molecule has 198 valence electrons. The van der Waals surface area contributed by atoms with Gasteiger partial charge in [0.05, 0.1) is 0 Å². The molecule has 0 amide bonds. The summed E-state index contributed by atoms with van der Waals surface area (Å²) in [6, 6.07) is -4.24. The molecule has 0 aromatic heterocycles. The number of hydrogen-bond donors (Lipinski definition) is 0. The lowest BCUT2D eigenvalue weighted by Crippen LogP contribution is -2.70. The lowest BCUT2D eigenvalue weighted by molar-refractivity contribution is -0.508. The van der Waals surface area contributed by atoms with Crippen molar-refractivity contribution in [3.05, 3.63) is 12.1 Å². The van der Waals surface area contributed by atoms with E-state index in [2.05, 4.69) is 0 Å². The van der Waals surface area contributed by atoms with E-state index in [0.29, 0.717) is 0 Å². The second-order valence-electron chi connectivity index (χ2n) is 5.28. The largest absolute Gasteiger partial charge is 0.468 e. The molecule has 0 aliphatic heterocycles. The van der Waals surface area contributed by atoms with Crippen molar-refractivity contribution < 1.29 is 95.5 Å². The van der Waals surface area contributed by atoms with Crippen molar-refractivity contribution >= 4 is 20.4 Å². The van der Waals surface area contributed by atoms with E-state index < -0.39 is 73.5 Å². The quantitative estimate of drug-likeness (QED) is 0.207. The van der Waals surface area contributed by atoms with Gasteiger partial charge in [0, 0.05) is 0 Å². The summed E-state index contributed by atoms with van der Waals surface area (Å²) in [5, 5.41) is -7.69. The lowest BCUT2D eigenvalue weighted by Gasteiger charge is -2.41. The number of hydrogen-bond acceptors (Lipinski definition) is 6. The van der Waals surface area contributed by atoms with Crippen molar-refractivity contribution in [2.75, 3.05) is 5.75 Å². The van der Waals surface area contributed by atoms with Gasteiger partial charge >= 0.3 is 67.7 Å². The zero-order valence-corrected chi connectivity index (χ0v) is 15.7. The summed E-state index contributed by atoms with van der Waals surface area (Å²) in [7, 11) is -15.2. The van der Waals surface area contributed by atoms with Crippen molar-refractivity contribution in [1.82, 2.24) is 0 Å². The molecule has 0 spiro atoms. The zero-order valence-electron chi connectivity index (χ0n) is 14.0. The van der Waals surface area contributed by atoms with Crippen LogP contribution < -0.4 is 0 Å². The van der Waals surface area contributed by atoms with Crippen LogP contribution in [0.5, 0.6) is 0 Å². The zero-order chi connectivity index (χ0) is 27.3. The molecule has 0 aliphatic carbocycles. The summed E-state index contributed by atoms with van der Waals surface area (Å²) in [5.41, 5.74) is 0. The van der Waals surface area contributed by atoms with E-state index in [1.807, 2.05) is 0 Å². The van der Waals surface area contributed by atoms with Crippen molar-refractivity contribution in [1.29, 1.82) is 0 Å². The van der Waals surface area contributed by atoms with Gasteiger partial charge in [0.1, 0.15) is 5.75 Å². The van der Waals surface area contributed by atoms with Crippen molar-refractivity contribution in [2.24, 2.45) is 0 Å². The number of ether oxygens (including phenoxy) is 2. The Labute approximate surface area is 170 Å². The maximum absolute atomic E-state index is 14.2. The van der Waals surface area contributed by atoms with E-state index in [1.165, 1.54) is 4.74 Å². The fourth-order valence-corrected chi connectivity index (χ4v) is 2.38. The van der Waals surface area contributed by atoms with Crippen LogP contribution in [0.3, 0.4) is 0 Å². The van der Waals surface area contributed by atoms with Crippen molar-refractivity contribution in [3.63, 3.8) is 0 Å². The van der Waals surface area contributed by atoms with Gasteiger partial charge in [0.2, 0.25) is 0 Å². The van der Waals surface area contributed by atoms with Crippen LogP contribution in [0.15, 0.2) is 12.1 Å². The molecule has 0 bridgehead atoms. The standard InChI is InChI=1S/C9H2F16O6S2/c10-2(11)3(12)30-7(18,19)6(17,5(15,16)4(13,14)1-32(24,26)27)31-8(20,21)9(22,23)33(25,28)29/h1H2. The average molecular weight is 574 g/mol. The van der Waals surface area contributed by atoms with Gasteiger partial charge in [-0.1, -0.05) is 3.89 Å². The summed E-state index contributed by atoms with van der Waals surface area (Å²) in [5.74, 6) is -27.7. The third-order valence-corrected chi connectivity index (χ3v) is 4.43. The molecular formula is C9H2F16O6S2. The highest BCUT2D eigenvalue weighted by Crippen LogP contribution is 2.57. The number of halogens is 16. The molecule has 0 aromatic carbocycles. The van der Waals surface area contributed by atoms with Gasteiger partial charge in [-0.3, -0.25) is 4.74 Å². The first-order valence-corrected chi connectivity index (χ1v) is 9.47. The van der Waals surface area contributed by atoms with Crippen LogP contribution in [0.1, 0.15) is 0 Å². The molecule has 0 saturated heterocycles. The molecule has 33 heavy (non-hydrogen) atoms. The molecular weight excluding hydrogens is 572 g/mol. The first-order chi connectivity index (χ1) is 14.0. The normalized spacial score (nSPS) is 16.8. The average Bonchev–Trinajstić information content (AvgIpc) is 2.49. The lowest BCUT2D eigenvalue weighted by atomic mass is 10.0. The fraction of sp³-hybridized carbons (Fsp3) is 0.778. The van der Waals surface area contributed by atoms with Crippen molar-refractivity contribution in [2.45, 2.75) is 35.2 Å². The molecule has 1 atom stereocenters. The van der Waals surface area contributed by atoms with E-state index in [1.54, 1.807) is 4.74 Å². The Morgan fingerprint density at radius 3 is 1.39 bits per heavy atom. The summed E-state index contributed by atoms with van der Waals surface area (Å²) in [6.07, 6.45) is -19.9. The Kier molecular flexibility index (Phi) is 8.05. The van der Waals surface area contributed by atoms with E-state index in [-0.39, 0.29) is 0 Å². The van der Waals surface area contributed by atoms with E-state index in [9.17, 15) is 86.1 Å². The molecule has 0 aromatic rings. The van der Waals surface area contributed by atoms with Crippen LogP contribution in [0.2, 0.25) is 0 Å². The Hall–Kier alpha value is -1.72. The third kappa shape index (κ3) is 5.86. The highest BCUT2D eigenvalue weighted by atomic mass is 32.3. The molecule has 1 unspecified atom stereocenters. The maximum atomic E-state index is 14.2. The Bertz CT molecular complexity index is 984. The van der Waals surface area contributed by atoms with Crippen LogP contribution in [-0.2, 0) is 29.9 Å². The predicted octanol–water partition coefficient (Wildman–Crippen LogP) is 4.37. The first kappa shape index (κ1) is 31.3. The maximum Gasteiger partial charge on any atom is 0.468 e. The molecule has 0 aliphatic rings. The third-order valence-electron chi connectivity index (χ3n) is 2.87. The molecule has 0 heterocycles. The van der Waals surface area contributed by atoms with Crippen molar-refractivity contribution in [3.8, 4) is 0 Å². The highest BCUT2D eigenvalue weighted by molar-refractivity contribution is 7.87. The van der Waals surface area contributed by atoms with Gasteiger partial charge in [0.25, 0.3) is 0 Å². The van der Waals surface area contributed by atoms with Gasteiger partial charge in [-0.25, -0.2) is 0 Å². The molecule has 0 N–H and O–H groups in total. The monoisotopic (exact) mass is 574 g/mol. The smallest absolute Gasteiger partial charge is 0.398 e. The molecule has 0 fully saturated rings. The summed E-state index contributed by atoms with van der Waals surface area (Å²) < 4.78 is 252. The van der Waals surface area contributed by atoms with Crippen LogP contribution >= 0.6 is 0 Å². The minimum atomic E-state index is -8.18. The highest BCUT2D eigenvalue weighted by Gasteiger charge is 2.87. The summed E-state index contributed by atoms with van der Waals surface area (Å²) in [6.45, 7) is 0. The fourth-order valence-electron chi connectivity index (χ4n) is 1.44. The SMILES string of the molecule is O=S(=O)(F)CC(F)(F)C(F)(F)C(F)(OC(F)(F)C(F)(F)S(=O)(=O)F)C(F)(F)OC(F)=C(F)F. The minimum absolute atomic E-state index is 1.40. The minimum Gasteiger partial charge on any atom is -0.398 e. The predicted molar refractivity (Wildman–Crippen MR) is 66.0 cm³/mol. The molecule has 24 heteroatoms. The Morgan fingerprint density at radius 2 is 1.09 bits per heavy atom. The summed E-state index contributed by atoms with van der Waals surface area (Å²) >= 11 is 0. The van der Waals surface area contributed by atoms with Gasteiger partial charge in [-0.15, -0.1) is 3.89 Å². The van der Waals surface area contributed by atoms with Crippen LogP contribution in [-0.4, -0.2) is 57.8 Å². The van der Waals surface area contributed by atoms with Crippen LogP contribution in [0, 0.1) is 0 Å². The number of rotatable bonds is 11.